The molecule has 1 aliphatic heterocycles. The lowest BCUT2D eigenvalue weighted by atomic mass is 10.2. The first-order chi connectivity index (χ1) is 7.22. The summed E-state index contributed by atoms with van der Waals surface area (Å²) in [5.74, 6) is -0.456. The number of carbonyl (C=O) groups is 1. The van der Waals surface area contributed by atoms with Crippen LogP contribution in [0.1, 0.15) is 16.9 Å². The van der Waals surface area contributed by atoms with Gasteiger partial charge in [-0.3, -0.25) is 0 Å². The molecule has 0 bridgehead atoms. The smallest absolute Gasteiger partial charge is 0.358 e. The van der Waals surface area contributed by atoms with Gasteiger partial charge in [-0.2, -0.15) is 0 Å². The van der Waals surface area contributed by atoms with E-state index >= 15 is 0 Å². The van der Waals surface area contributed by atoms with Gasteiger partial charge in [-0.25, -0.2) is 14.8 Å². The van der Waals surface area contributed by atoms with Gasteiger partial charge in [0.25, 0.3) is 0 Å². The number of anilines is 1. The van der Waals surface area contributed by atoms with Gasteiger partial charge in [-0.05, 0) is 6.42 Å². The molecule has 0 saturated carbocycles. The molecular weight excluding hydrogens is 198 g/mol. The fourth-order valence-electron chi connectivity index (χ4n) is 1.33. The van der Waals surface area contributed by atoms with E-state index in [0.29, 0.717) is 5.95 Å². The largest absolute Gasteiger partial charge is 0.493 e. The van der Waals surface area contributed by atoms with Gasteiger partial charge in [0, 0.05) is 13.1 Å². The van der Waals surface area contributed by atoms with Crippen LogP contribution in [0.15, 0.2) is 6.20 Å². The lowest BCUT2D eigenvalue weighted by Crippen LogP contribution is -2.38. The molecule has 1 saturated heterocycles. The van der Waals surface area contributed by atoms with Gasteiger partial charge in [0.15, 0.2) is 11.4 Å². The summed E-state index contributed by atoms with van der Waals surface area (Å²) in [5, 5.41) is 8.90. The second-order valence-electron chi connectivity index (χ2n) is 3.23. The molecule has 2 heterocycles. The Hall–Kier alpha value is -1.85. The van der Waals surface area contributed by atoms with Gasteiger partial charge in [-0.1, -0.05) is 0 Å². The number of nitrogens with zero attached hydrogens (tertiary/aromatic N) is 3. The lowest BCUT2D eigenvalue weighted by Gasteiger charge is -2.30. The van der Waals surface area contributed by atoms with E-state index in [4.69, 9.17) is 9.84 Å². The van der Waals surface area contributed by atoms with Crippen LogP contribution < -0.4 is 9.64 Å². The Morgan fingerprint density at radius 1 is 1.60 bits per heavy atom. The van der Waals surface area contributed by atoms with Crippen molar-refractivity contribution in [3.8, 4) is 5.75 Å². The topological polar surface area (TPSA) is 75.5 Å². The first-order valence-corrected chi connectivity index (χ1v) is 4.61. The highest BCUT2D eigenvalue weighted by Gasteiger charge is 2.21. The zero-order chi connectivity index (χ0) is 10.8. The Labute approximate surface area is 86.5 Å². The van der Waals surface area contributed by atoms with Crippen LogP contribution in [-0.2, 0) is 0 Å². The third kappa shape index (κ3) is 1.70. The van der Waals surface area contributed by atoms with E-state index in [-0.39, 0.29) is 11.4 Å². The maximum absolute atomic E-state index is 10.9. The molecule has 6 heteroatoms. The second-order valence-corrected chi connectivity index (χ2v) is 3.23. The van der Waals surface area contributed by atoms with Crippen molar-refractivity contribution < 1.29 is 14.6 Å². The van der Waals surface area contributed by atoms with Gasteiger partial charge in [0.2, 0.25) is 5.95 Å². The number of carboxylic acid groups (broad SMARTS) is 1. The predicted molar refractivity (Wildman–Crippen MR) is 52.4 cm³/mol. The number of carboxylic acids is 1. The molecule has 15 heavy (non-hydrogen) atoms. The third-order valence-electron chi connectivity index (χ3n) is 2.30. The van der Waals surface area contributed by atoms with Crippen molar-refractivity contribution in [2.45, 2.75) is 6.42 Å². The molecule has 0 spiro atoms. The molecule has 1 fully saturated rings. The number of hydrogen-bond acceptors (Lipinski definition) is 5. The highest BCUT2D eigenvalue weighted by molar-refractivity contribution is 5.88. The Balaban J connectivity index is 2.35. The van der Waals surface area contributed by atoms with Gasteiger partial charge in [0.05, 0.1) is 13.3 Å². The number of aromatic carboxylic acids is 1. The molecule has 6 nitrogen and oxygen atoms in total. The van der Waals surface area contributed by atoms with Crippen molar-refractivity contribution in [1.82, 2.24) is 9.97 Å². The van der Waals surface area contributed by atoms with Crippen LogP contribution in [-0.4, -0.2) is 41.2 Å². The molecule has 0 amide bonds. The molecule has 2 rings (SSSR count). The minimum Gasteiger partial charge on any atom is -0.493 e. The van der Waals surface area contributed by atoms with E-state index in [9.17, 15) is 4.79 Å². The van der Waals surface area contributed by atoms with Crippen molar-refractivity contribution in [3.63, 3.8) is 0 Å². The van der Waals surface area contributed by atoms with Crippen molar-refractivity contribution in [2.75, 3.05) is 25.1 Å². The number of hydrogen-bond donors (Lipinski definition) is 1. The Bertz CT molecular complexity index is 390. The zero-order valence-electron chi connectivity index (χ0n) is 8.30. The highest BCUT2D eigenvalue weighted by atomic mass is 16.5. The molecule has 0 radical (unpaired) electrons. The minimum atomic E-state index is -1.10. The summed E-state index contributed by atoms with van der Waals surface area (Å²) in [6, 6.07) is 0. The SMILES string of the molecule is COc1cnc(N2CCC2)nc1C(=O)O. The first-order valence-electron chi connectivity index (χ1n) is 4.61. The van der Waals surface area contributed by atoms with E-state index < -0.39 is 5.97 Å². The summed E-state index contributed by atoms with van der Waals surface area (Å²) in [6.07, 6.45) is 2.49. The molecule has 1 aromatic rings. The summed E-state index contributed by atoms with van der Waals surface area (Å²) in [7, 11) is 1.40. The Morgan fingerprint density at radius 3 is 2.80 bits per heavy atom. The van der Waals surface area contributed by atoms with Crippen molar-refractivity contribution in [3.05, 3.63) is 11.9 Å². The van der Waals surface area contributed by atoms with Crippen LogP contribution in [0.5, 0.6) is 5.75 Å². The summed E-state index contributed by atoms with van der Waals surface area (Å²) in [5.41, 5.74) is -0.0885. The number of ether oxygens (including phenoxy) is 1. The maximum Gasteiger partial charge on any atom is 0.358 e. The van der Waals surface area contributed by atoms with E-state index in [0.717, 1.165) is 19.5 Å². The van der Waals surface area contributed by atoms with Crippen molar-refractivity contribution in [2.24, 2.45) is 0 Å². The van der Waals surface area contributed by atoms with Gasteiger partial charge in [0.1, 0.15) is 0 Å². The Morgan fingerprint density at radius 2 is 2.33 bits per heavy atom. The van der Waals surface area contributed by atoms with Crippen molar-refractivity contribution in [1.29, 1.82) is 0 Å². The first kappa shape index (κ1) is 9.70. The molecule has 0 unspecified atom stereocenters. The fourth-order valence-corrected chi connectivity index (χ4v) is 1.33. The van der Waals surface area contributed by atoms with Crippen LogP contribution in [0.2, 0.25) is 0 Å². The van der Waals surface area contributed by atoms with E-state index in [2.05, 4.69) is 9.97 Å². The van der Waals surface area contributed by atoms with Crippen LogP contribution in [0.4, 0.5) is 5.95 Å². The summed E-state index contributed by atoms with van der Waals surface area (Å²) in [4.78, 5) is 20.8. The predicted octanol–water partition coefficient (Wildman–Crippen LogP) is 0.393. The van der Waals surface area contributed by atoms with Gasteiger partial charge < -0.3 is 14.7 Å². The lowest BCUT2D eigenvalue weighted by molar-refractivity contribution is 0.0686. The maximum atomic E-state index is 10.9. The zero-order valence-corrected chi connectivity index (χ0v) is 8.30. The highest BCUT2D eigenvalue weighted by Crippen LogP contribution is 2.21. The van der Waals surface area contributed by atoms with Crippen LogP contribution >= 0.6 is 0 Å². The average molecular weight is 209 g/mol. The molecular formula is C9H11N3O3. The van der Waals surface area contributed by atoms with Crippen LogP contribution in [0.3, 0.4) is 0 Å². The van der Waals surface area contributed by atoms with E-state index in [1.807, 2.05) is 4.90 Å². The monoisotopic (exact) mass is 209 g/mol. The summed E-state index contributed by atoms with van der Waals surface area (Å²) >= 11 is 0. The molecule has 80 valence electrons. The normalized spacial score (nSPS) is 14.6. The number of methoxy groups -OCH3 is 1. The quantitative estimate of drug-likeness (QED) is 0.776. The second kappa shape index (κ2) is 3.72. The molecule has 1 aromatic heterocycles. The average Bonchev–Trinajstić information content (AvgIpc) is 2.15. The van der Waals surface area contributed by atoms with Crippen LogP contribution in [0.25, 0.3) is 0 Å². The summed E-state index contributed by atoms with van der Waals surface area (Å²) in [6.45, 7) is 1.76. The number of aromatic nitrogens is 2. The van der Waals surface area contributed by atoms with Gasteiger partial charge >= 0.3 is 5.97 Å². The molecule has 0 atom stereocenters. The summed E-state index contributed by atoms with van der Waals surface area (Å²) < 4.78 is 4.87. The molecule has 1 N–H and O–H groups in total. The fraction of sp³-hybridized carbons (Fsp3) is 0.444. The van der Waals surface area contributed by atoms with Gasteiger partial charge in [-0.15, -0.1) is 0 Å². The standard InChI is InChI=1S/C9H11N3O3/c1-15-6-5-10-9(12-3-2-4-12)11-7(6)8(13)14/h5H,2-4H2,1H3,(H,13,14). The minimum absolute atomic E-state index is 0.0885. The van der Waals surface area contributed by atoms with E-state index in [1.165, 1.54) is 13.3 Å². The molecule has 1 aliphatic rings. The van der Waals surface area contributed by atoms with Crippen LogP contribution in [0, 0.1) is 0 Å². The Kier molecular flexibility index (Phi) is 2.40. The number of rotatable bonds is 3. The van der Waals surface area contributed by atoms with Crippen molar-refractivity contribution >= 4 is 11.9 Å². The van der Waals surface area contributed by atoms with E-state index in [1.54, 1.807) is 0 Å². The molecule has 0 aliphatic carbocycles. The third-order valence-corrected chi connectivity index (χ3v) is 2.30. The molecule has 0 aromatic carbocycles.